The van der Waals surface area contributed by atoms with Crippen molar-refractivity contribution in [3.05, 3.63) is 0 Å². The largest absolute Gasteiger partial charge is 0.378 e. The van der Waals surface area contributed by atoms with Gasteiger partial charge in [-0.2, -0.15) is 0 Å². The molecule has 0 aromatic rings. The standard InChI is InChI=1S/C13H26N2O3/c1-4-17-11(10(2)3)5-6-15-13(16)12-9-14-7-8-18-12/h10-12,14H,4-9H2,1-3H3,(H,15,16). The molecule has 18 heavy (non-hydrogen) atoms. The van der Waals surface area contributed by atoms with Gasteiger partial charge in [-0.25, -0.2) is 0 Å². The average molecular weight is 258 g/mol. The Morgan fingerprint density at radius 1 is 1.56 bits per heavy atom. The van der Waals surface area contributed by atoms with Crippen LogP contribution in [0.1, 0.15) is 27.2 Å². The molecule has 106 valence electrons. The second kappa shape index (κ2) is 8.45. The first kappa shape index (κ1) is 15.4. The van der Waals surface area contributed by atoms with Crippen LogP contribution in [-0.2, 0) is 14.3 Å². The topological polar surface area (TPSA) is 59.6 Å². The quantitative estimate of drug-likeness (QED) is 0.700. The maximum Gasteiger partial charge on any atom is 0.250 e. The highest BCUT2D eigenvalue weighted by molar-refractivity contribution is 5.81. The second-order valence-electron chi connectivity index (χ2n) is 4.88. The Labute approximate surface area is 110 Å². The predicted molar refractivity (Wildman–Crippen MR) is 70.5 cm³/mol. The first-order chi connectivity index (χ1) is 8.65. The number of hydrogen-bond donors (Lipinski definition) is 2. The van der Waals surface area contributed by atoms with Gasteiger partial charge in [0, 0.05) is 26.2 Å². The summed E-state index contributed by atoms with van der Waals surface area (Å²) in [7, 11) is 0. The summed E-state index contributed by atoms with van der Waals surface area (Å²) in [4.78, 5) is 11.8. The van der Waals surface area contributed by atoms with Crippen LogP contribution >= 0.6 is 0 Å². The van der Waals surface area contributed by atoms with Gasteiger partial charge in [0.15, 0.2) is 0 Å². The summed E-state index contributed by atoms with van der Waals surface area (Å²) in [6, 6.07) is 0. The summed E-state index contributed by atoms with van der Waals surface area (Å²) >= 11 is 0. The van der Waals surface area contributed by atoms with E-state index in [0.717, 1.165) is 13.0 Å². The molecule has 5 nitrogen and oxygen atoms in total. The van der Waals surface area contributed by atoms with Crippen LogP contribution in [0.3, 0.4) is 0 Å². The van der Waals surface area contributed by atoms with E-state index in [1.54, 1.807) is 0 Å². The molecule has 0 saturated carbocycles. The SMILES string of the molecule is CCOC(CCNC(=O)C1CNCCO1)C(C)C. The number of rotatable bonds is 7. The van der Waals surface area contributed by atoms with E-state index in [0.29, 0.717) is 32.2 Å². The fraction of sp³-hybridized carbons (Fsp3) is 0.923. The van der Waals surface area contributed by atoms with Gasteiger partial charge >= 0.3 is 0 Å². The molecule has 1 amide bonds. The fourth-order valence-electron chi connectivity index (χ4n) is 2.01. The first-order valence-electron chi connectivity index (χ1n) is 6.86. The number of nitrogens with one attached hydrogen (secondary N) is 2. The summed E-state index contributed by atoms with van der Waals surface area (Å²) in [5.41, 5.74) is 0. The summed E-state index contributed by atoms with van der Waals surface area (Å²) in [5.74, 6) is 0.440. The lowest BCUT2D eigenvalue weighted by Gasteiger charge is -2.24. The molecule has 0 radical (unpaired) electrons. The molecule has 5 heteroatoms. The van der Waals surface area contributed by atoms with Crippen LogP contribution in [-0.4, -0.2) is 51.0 Å². The number of hydrogen-bond acceptors (Lipinski definition) is 4. The van der Waals surface area contributed by atoms with Crippen LogP contribution < -0.4 is 10.6 Å². The Hall–Kier alpha value is -0.650. The van der Waals surface area contributed by atoms with Crippen molar-refractivity contribution < 1.29 is 14.3 Å². The third kappa shape index (κ3) is 5.33. The lowest BCUT2D eigenvalue weighted by molar-refractivity contribution is -0.134. The molecular weight excluding hydrogens is 232 g/mol. The highest BCUT2D eigenvalue weighted by Crippen LogP contribution is 2.10. The molecule has 0 spiro atoms. The monoisotopic (exact) mass is 258 g/mol. The molecule has 2 atom stereocenters. The maximum absolute atomic E-state index is 11.8. The molecule has 0 aromatic carbocycles. The zero-order chi connectivity index (χ0) is 13.4. The second-order valence-corrected chi connectivity index (χ2v) is 4.88. The van der Waals surface area contributed by atoms with E-state index in [-0.39, 0.29) is 18.1 Å². The first-order valence-corrected chi connectivity index (χ1v) is 6.86. The zero-order valence-electron chi connectivity index (χ0n) is 11.7. The van der Waals surface area contributed by atoms with Gasteiger partial charge in [-0.3, -0.25) is 4.79 Å². The molecule has 0 aliphatic carbocycles. The number of carbonyl (C=O) groups is 1. The minimum atomic E-state index is -0.344. The molecule has 1 saturated heterocycles. The molecule has 1 aliphatic rings. The Balaban J connectivity index is 2.20. The Morgan fingerprint density at radius 2 is 2.33 bits per heavy atom. The third-order valence-electron chi connectivity index (χ3n) is 3.07. The van der Waals surface area contributed by atoms with E-state index in [2.05, 4.69) is 24.5 Å². The third-order valence-corrected chi connectivity index (χ3v) is 3.07. The smallest absolute Gasteiger partial charge is 0.250 e. The summed E-state index contributed by atoms with van der Waals surface area (Å²) in [6.45, 7) is 9.65. The van der Waals surface area contributed by atoms with Gasteiger partial charge in [0.05, 0.1) is 12.7 Å². The normalized spacial score (nSPS) is 21.9. The lowest BCUT2D eigenvalue weighted by atomic mass is 10.0. The number of amides is 1. The van der Waals surface area contributed by atoms with E-state index in [9.17, 15) is 4.79 Å². The summed E-state index contributed by atoms with van der Waals surface area (Å²) < 4.78 is 11.0. The van der Waals surface area contributed by atoms with E-state index < -0.39 is 0 Å². The van der Waals surface area contributed by atoms with Gasteiger partial charge in [-0.1, -0.05) is 13.8 Å². The van der Waals surface area contributed by atoms with Gasteiger partial charge < -0.3 is 20.1 Å². The molecule has 1 rings (SSSR count). The van der Waals surface area contributed by atoms with E-state index in [1.165, 1.54) is 0 Å². The van der Waals surface area contributed by atoms with Crippen LogP contribution in [0.4, 0.5) is 0 Å². The zero-order valence-corrected chi connectivity index (χ0v) is 11.7. The Bertz CT molecular complexity index is 240. The molecule has 0 aromatic heterocycles. The van der Waals surface area contributed by atoms with Crippen molar-refractivity contribution in [3.8, 4) is 0 Å². The van der Waals surface area contributed by atoms with Gasteiger partial charge in [0.2, 0.25) is 5.91 Å². The number of carbonyl (C=O) groups excluding carboxylic acids is 1. The molecule has 1 fully saturated rings. The number of ether oxygens (including phenoxy) is 2. The molecule has 0 bridgehead atoms. The maximum atomic E-state index is 11.8. The van der Waals surface area contributed by atoms with E-state index in [1.807, 2.05) is 6.92 Å². The molecule has 1 aliphatic heterocycles. The van der Waals surface area contributed by atoms with Crippen LogP contribution in [0.5, 0.6) is 0 Å². The van der Waals surface area contributed by atoms with Crippen molar-refractivity contribution >= 4 is 5.91 Å². The van der Waals surface area contributed by atoms with Gasteiger partial charge in [0.25, 0.3) is 0 Å². The van der Waals surface area contributed by atoms with Crippen molar-refractivity contribution in [1.82, 2.24) is 10.6 Å². The summed E-state index contributed by atoms with van der Waals surface area (Å²) in [5, 5.41) is 6.06. The van der Waals surface area contributed by atoms with Crippen molar-refractivity contribution in [2.75, 3.05) is 32.8 Å². The molecule has 2 N–H and O–H groups in total. The van der Waals surface area contributed by atoms with E-state index in [4.69, 9.17) is 9.47 Å². The summed E-state index contributed by atoms with van der Waals surface area (Å²) in [6.07, 6.45) is 0.709. The van der Waals surface area contributed by atoms with Crippen LogP contribution in [0, 0.1) is 5.92 Å². The Morgan fingerprint density at radius 3 is 2.89 bits per heavy atom. The minimum absolute atomic E-state index is 0.0267. The van der Waals surface area contributed by atoms with Crippen LogP contribution in [0.25, 0.3) is 0 Å². The average Bonchev–Trinajstić information content (AvgIpc) is 2.38. The molecular formula is C13H26N2O3. The molecule has 1 heterocycles. The van der Waals surface area contributed by atoms with Gasteiger partial charge in [-0.15, -0.1) is 0 Å². The van der Waals surface area contributed by atoms with Gasteiger partial charge in [-0.05, 0) is 19.3 Å². The van der Waals surface area contributed by atoms with Crippen LogP contribution in [0.15, 0.2) is 0 Å². The predicted octanol–water partition coefficient (Wildman–Crippen LogP) is 0.542. The van der Waals surface area contributed by atoms with Crippen molar-refractivity contribution in [1.29, 1.82) is 0 Å². The minimum Gasteiger partial charge on any atom is -0.378 e. The van der Waals surface area contributed by atoms with E-state index >= 15 is 0 Å². The van der Waals surface area contributed by atoms with Crippen molar-refractivity contribution in [2.45, 2.75) is 39.4 Å². The Kier molecular flexibility index (Phi) is 7.23. The van der Waals surface area contributed by atoms with Crippen molar-refractivity contribution in [2.24, 2.45) is 5.92 Å². The number of morpholine rings is 1. The van der Waals surface area contributed by atoms with Crippen molar-refractivity contribution in [3.63, 3.8) is 0 Å². The highest BCUT2D eigenvalue weighted by atomic mass is 16.5. The molecule has 2 unspecified atom stereocenters. The van der Waals surface area contributed by atoms with Crippen LogP contribution in [0.2, 0.25) is 0 Å². The lowest BCUT2D eigenvalue weighted by Crippen LogP contribution is -2.48. The van der Waals surface area contributed by atoms with Gasteiger partial charge in [0.1, 0.15) is 6.10 Å². The highest BCUT2D eigenvalue weighted by Gasteiger charge is 2.21. The fourth-order valence-corrected chi connectivity index (χ4v) is 2.01.